The topological polar surface area (TPSA) is 65.5 Å². The van der Waals surface area contributed by atoms with E-state index in [-0.39, 0.29) is 12.5 Å². The maximum absolute atomic E-state index is 11.4. The summed E-state index contributed by atoms with van der Waals surface area (Å²) in [6.45, 7) is 1.90. The van der Waals surface area contributed by atoms with Crippen molar-refractivity contribution in [2.24, 2.45) is 0 Å². The van der Waals surface area contributed by atoms with E-state index in [9.17, 15) is 9.90 Å². The average molecular weight is 271 g/mol. The molecule has 1 saturated heterocycles. The molecule has 5 nitrogen and oxygen atoms in total. The molecule has 1 fully saturated rings. The zero-order valence-corrected chi connectivity index (χ0v) is 11.2. The molecule has 1 aromatic heterocycles. The maximum atomic E-state index is 11.4. The summed E-state index contributed by atoms with van der Waals surface area (Å²) in [7, 11) is 0. The normalized spacial score (nSPS) is 16.1. The van der Waals surface area contributed by atoms with Crippen molar-refractivity contribution in [3.05, 3.63) is 35.9 Å². The Morgan fingerprint density at radius 1 is 1.30 bits per heavy atom. The zero-order chi connectivity index (χ0) is 13.9. The third kappa shape index (κ3) is 2.44. The number of aliphatic hydroxyl groups excluding tert-OH is 1. The van der Waals surface area contributed by atoms with Crippen molar-refractivity contribution in [3.8, 4) is 0 Å². The summed E-state index contributed by atoms with van der Waals surface area (Å²) < 4.78 is 0. The van der Waals surface area contributed by atoms with Gasteiger partial charge < -0.3 is 15.3 Å². The first-order chi connectivity index (χ1) is 9.78. The van der Waals surface area contributed by atoms with Gasteiger partial charge in [0.1, 0.15) is 5.82 Å². The minimum absolute atomic E-state index is 0.0506. The molecule has 1 amide bonds. The quantitative estimate of drug-likeness (QED) is 0.857. The maximum Gasteiger partial charge on any atom is 0.221 e. The van der Waals surface area contributed by atoms with Crippen LogP contribution >= 0.6 is 0 Å². The van der Waals surface area contributed by atoms with Crippen LogP contribution in [0.5, 0.6) is 0 Å². The fourth-order valence-electron chi connectivity index (χ4n) is 2.52. The fraction of sp³-hybridized carbons (Fsp3) is 0.333. The molecule has 0 saturated carbocycles. The Kier molecular flexibility index (Phi) is 3.52. The Morgan fingerprint density at radius 2 is 2.15 bits per heavy atom. The van der Waals surface area contributed by atoms with Gasteiger partial charge in [-0.15, -0.1) is 0 Å². The van der Waals surface area contributed by atoms with E-state index in [0.29, 0.717) is 26.1 Å². The predicted molar refractivity (Wildman–Crippen MR) is 77.5 cm³/mol. The van der Waals surface area contributed by atoms with Gasteiger partial charge in [0.15, 0.2) is 0 Å². The summed E-state index contributed by atoms with van der Waals surface area (Å²) in [4.78, 5) is 18.1. The number of para-hydroxylation sites is 1. The SMILES string of the molecule is O=C1CCN(c2nc3ccccc3cc2CO)CCN1. The van der Waals surface area contributed by atoms with Crippen LogP contribution in [0, 0.1) is 0 Å². The number of hydrogen-bond acceptors (Lipinski definition) is 4. The first-order valence-corrected chi connectivity index (χ1v) is 6.79. The van der Waals surface area contributed by atoms with Gasteiger partial charge in [-0.2, -0.15) is 0 Å². The molecule has 104 valence electrons. The number of carbonyl (C=O) groups excluding carboxylic acids is 1. The second-order valence-corrected chi connectivity index (χ2v) is 4.91. The number of fused-ring (bicyclic) bond motifs is 1. The molecule has 20 heavy (non-hydrogen) atoms. The summed E-state index contributed by atoms with van der Waals surface area (Å²) in [5.41, 5.74) is 1.71. The number of amides is 1. The molecular weight excluding hydrogens is 254 g/mol. The molecule has 2 N–H and O–H groups in total. The monoisotopic (exact) mass is 271 g/mol. The number of anilines is 1. The first kappa shape index (κ1) is 12.9. The number of carbonyl (C=O) groups is 1. The van der Waals surface area contributed by atoms with Crippen LogP contribution < -0.4 is 10.2 Å². The lowest BCUT2D eigenvalue weighted by Crippen LogP contribution is -2.29. The molecular formula is C15H17N3O2. The lowest BCUT2D eigenvalue weighted by Gasteiger charge is -2.23. The molecule has 0 radical (unpaired) electrons. The number of aliphatic hydroxyl groups is 1. The molecule has 0 spiro atoms. The molecule has 1 aliphatic rings. The molecule has 0 atom stereocenters. The minimum atomic E-state index is -0.0506. The van der Waals surface area contributed by atoms with Crippen molar-refractivity contribution < 1.29 is 9.90 Å². The van der Waals surface area contributed by atoms with Gasteiger partial charge in [-0.05, 0) is 12.1 Å². The van der Waals surface area contributed by atoms with E-state index < -0.39 is 0 Å². The smallest absolute Gasteiger partial charge is 0.221 e. The lowest BCUT2D eigenvalue weighted by molar-refractivity contribution is -0.120. The highest BCUT2D eigenvalue weighted by Crippen LogP contribution is 2.24. The molecule has 1 aromatic carbocycles. The highest BCUT2D eigenvalue weighted by atomic mass is 16.3. The van der Waals surface area contributed by atoms with Crippen molar-refractivity contribution in [2.75, 3.05) is 24.5 Å². The largest absolute Gasteiger partial charge is 0.392 e. The van der Waals surface area contributed by atoms with Crippen LogP contribution in [-0.4, -0.2) is 35.6 Å². The Hall–Kier alpha value is -2.14. The summed E-state index contributed by atoms with van der Waals surface area (Å²) in [5, 5.41) is 13.4. The van der Waals surface area contributed by atoms with E-state index >= 15 is 0 Å². The van der Waals surface area contributed by atoms with E-state index in [1.165, 1.54) is 0 Å². The minimum Gasteiger partial charge on any atom is -0.392 e. The number of nitrogens with zero attached hydrogens (tertiary/aromatic N) is 2. The third-order valence-electron chi connectivity index (χ3n) is 3.56. The van der Waals surface area contributed by atoms with Crippen molar-refractivity contribution in [1.29, 1.82) is 0 Å². The number of rotatable bonds is 2. The van der Waals surface area contributed by atoms with Gasteiger partial charge in [-0.1, -0.05) is 18.2 Å². The molecule has 1 aliphatic heterocycles. The van der Waals surface area contributed by atoms with Crippen molar-refractivity contribution in [1.82, 2.24) is 10.3 Å². The highest BCUT2D eigenvalue weighted by molar-refractivity contribution is 5.82. The van der Waals surface area contributed by atoms with Crippen LogP contribution in [0.2, 0.25) is 0 Å². The second-order valence-electron chi connectivity index (χ2n) is 4.91. The molecule has 0 aliphatic carbocycles. The number of hydrogen-bond donors (Lipinski definition) is 2. The van der Waals surface area contributed by atoms with Crippen LogP contribution in [-0.2, 0) is 11.4 Å². The third-order valence-corrected chi connectivity index (χ3v) is 3.56. The summed E-state index contributed by atoms with van der Waals surface area (Å²) in [6, 6.07) is 9.82. The number of aromatic nitrogens is 1. The predicted octanol–water partition coefficient (Wildman–Crippen LogP) is 1.05. The van der Waals surface area contributed by atoms with E-state index in [4.69, 9.17) is 0 Å². The standard InChI is InChI=1S/C15H17N3O2/c19-10-12-9-11-3-1-2-4-13(11)17-15(12)18-7-5-14(20)16-6-8-18/h1-4,9,19H,5-8,10H2,(H,16,20). The Morgan fingerprint density at radius 3 is 3.00 bits per heavy atom. The summed E-state index contributed by atoms with van der Waals surface area (Å²) >= 11 is 0. The number of benzene rings is 1. The van der Waals surface area contributed by atoms with Crippen molar-refractivity contribution in [2.45, 2.75) is 13.0 Å². The van der Waals surface area contributed by atoms with Gasteiger partial charge in [-0.25, -0.2) is 4.98 Å². The van der Waals surface area contributed by atoms with Gasteiger partial charge in [0, 0.05) is 37.0 Å². The molecule has 2 heterocycles. The summed E-state index contributed by atoms with van der Waals surface area (Å²) in [6.07, 6.45) is 0.458. The van der Waals surface area contributed by atoms with E-state index in [2.05, 4.69) is 15.2 Å². The molecule has 0 unspecified atom stereocenters. The van der Waals surface area contributed by atoms with Gasteiger partial charge >= 0.3 is 0 Å². The molecule has 5 heteroatoms. The lowest BCUT2D eigenvalue weighted by atomic mass is 10.1. The highest BCUT2D eigenvalue weighted by Gasteiger charge is 2.18. The Bertz CT molecular complexity index is 642. The molecule has 2 aromatic rings. The van der Waals surface area contributed by atoms with Crippen LogP contribution in [0.4, 0.5) is 5.82 Å². The average Bonchev–Trinajstić information content (AvgIpc) is 2.70. The zero-order valence-electron chi connectivity index (χ0n) is 11.2. The van der Waals surface area contributed by atoms with Gasteiger partial charge in [0.2, 0.25) is 5.91 Å². The fourth-order valence-corrected chi connectivity index (χ4v) is 2.52. The van der Waals surface area contributed by atoms with Crippen LogP contribution in [0.15, 0.2) is 30.3 Å². The molecule has 0 bridgehead atoms. The van der Waals surface area contributed by atoms with Crippen LogP contribution in [0.25, 0.3) is 10.9 Å². The van der Waals surface area contributed by atoms with Gasteiger partial charge in [0.25, 0.3) is 0 Å². The van der Waals surface area contributed by atoms with Crippen molar-refractivity contribution >= 4 is 22.6 Å². The van der Waals surface area contributed by atoms with E-state index in [1.54, 1.807) is 0 Å². The van der Waals surface area contributed by atoms with E-state index in [0.717, 1.165) is 22.3 Å². The van der Waals surface area contributed by atoms with Crippen LogP contribution in [0.3, 0.4) is 0 Å². The number of pyridine rings is 1. The Labute approximate surface area is 117 Å². The molecule has 3 rings (SSSR count). The Balaban J connectivity index is 2.02. The van der Waals surface area contributed by atoms with E-state index in [1.807, 2.05) is 30.3 Å². The van der Waals surface area contributed by atoms with Gasteiger partial charge in [0.05, 0.1) is 12.1 Å². The first-order valence-electron chi connectivity index (χ1n) is 6.79. The summed E-state index contributed by atoms with van der Waals surface area (Å²) in [5.74, 6) is 0.849. The van der Waals surface area contributed by atoms with Crippen molar-refractivity contribution in [3.63, 3.8) is 0 Å². The second kappa shape index (κ2) is 5.46. The van der Waals surface area contributed by atoms with Crippen LogP contribution in [0.1, 0.15) is 12.0 Å². The van der Waals surface area contributed by atoms with Gasteiger partial charge in [-0.3, -0.25) is 4.79 Å². The number of nitrogens with one attached hydrogen (secondary N) is 1.